The van der Waals surface area contributed by atoms with Crippen LogP contribution in [-0.4, -0.2) is 355 Å². The van der Waals surface area contributed by atoms with Crippen LogP contribution in [-0.2, 0) is 80.8 Å². The van der Waals surface area contributed by atoms with Gasteiger partial charge in [-0.25, -0.2) is 14.4 Å². The minimum absolute atomic E-state index is 0.682. The number of carbonyl (C=O) groups is 4. The summed E-state index contributed by atoms with van der Waals surface area (Å²) in [6.07, 6.45) is -64.2. The van der Waals surface area contributed by atoms with E-state index in [-0.39, 0.29) is 0 Å². The van der Waals surface area contributed by atoms with Crippen molar-refractivity contribution in [3.8, 4) is 0 Å². The summed E-state index contributed by atoms with van der Waals surface area (Å²) in [5.74, 6) is -9.64. The second-order valence-corrected chi connectivity index (χ2v) is 21.5. The second kappa shape index (κ2) is 28.2. The van der Waals surface area contributed by atoms with E-state index < -0.39 is 264 Å². The fraction of sp³-hybridized carbons (Fsp3) is 0.913. The molecule has 35 atom stereocenters. The maximum absolute atomic E-state index is 13.0. The average Bonchev–Trinajstić information content (AvgIpc) is 2.07. The van der Waals surface area contributed by atoms with Crippen LogP contribution >= 0.6 is 0 Å². The predicted molar refractivity (Wildman–Crippen MR) is 257 cm³/mol. The number of aliphatic hydroxyl groups is 16. The molecule has 7 saturated heterocycles. The van der Waals surface area contributed by atoms with Crippen molar-refractivity contribution in [2.45, 2.75) is 241 Å². The molecule has 0 spiro atoms. The molecule has 24 N–H and O–H groups in total. The molecule has 7 aliphatic heterocycles. The number of carboxylic acid groups (broad SMARTS) is 3. The SMILES string of the molecule is CC(=O)N[C@@H]1[C@@H](O)[C@H](O[C@H]2[C@H](O[C@@H]3[C@H](O)[C@@H](N)[C@@H](OC[C@H]4O[C@H](O[C@H]5[C@@H]([C@H](O)CO)O[C@@](O)(C(=O)O)C[C@H]5O)[C@H](O)[C@@H](O)[C@H]4O[C@@H]4O[C@H](CO)[C@@H](O)[C@H](O[C@@H]5O[C@H](C(=O)O)[C@@H](O)[C@H](O)[C@H]5N)[C@H]4O)O[C@@H]3C(=O)O)O[C@@H](C)[C@H](O)[C@H]2O)O[C@H](C)[C@H]1O. The van der Waals surface area contributed by atoms with Crippen LogP contribution in [0.15, 0.2) is 0 Å². The van der Waals surface area contributed by atoms with Gasteiger partial charge >= 0.3 is 17.9 Å². The largest absolute Gasteiger partial charge is 0.479 e. The van der Waals surface area contributed by atoms with Crippen molar-refractivity contribution in [2.75, 3.05) is 19.8 Å². The lowest BCUT2D eigenvalue weighted by Crippen LogP contribution is -2.69. The maximum Gasteiger partial charge on any atom is 0.364 e. The van der Waals surface area contributed by atoms with Gasteiger partial charge in [0.15, 0.2) is 49.9 Å². The van der Waals surface area contributed by atoms with Crippen molar-refractivity contribution in [2.24, 2.45) is 11.5 Å². The number of carboxylic acids is 3. The highest BCUT2D eigenvalue weighted by Crippen LogP contribution is 2.39. The van der Waals surface area contributed by atoms with E-state index >= 15 is 0 Å². The Kier molecular flexibility index (Phi) is 22.9. The molecule has 39 nitrogen and oxygen atoms in total. The zero-order valence-electron chi connectivity index (χ0n) is 45.1. The first-order chi connectivity index (χ1) is 39.8. The third-order valence-corrected chi connectivity index (χ3v) is 15.5. The van der Waals surface area contributed by atoms with Gasteiger partial charge in [-0.1, -0.05) is 0 Å². The molecule has 85 heavy (non-hydrogen) atoms. The van der Waals surface area contributed by atoms with Crippen molar-refractivity contribution >= 4 is 23.8 Å². The first-order valence-electron chi connectivity index (χ1n) is 26.5. The van der Waals surface area contributed by atoms with Gasteiger partial charge in [0.2, 0.25) is 5.91 Å². The number of aliphatic hydroxyl groups excluding tert-OH is 15. The summed E-state index contributed by atoms with van der Waals surface area (Å²) in [6.45, 7) is 0.238. The Hall–Kier alpha value is -3.36. The van der Waals surface area contributed by atoms with Crippen LogP contribution in [0.2, 0.25) is 0 Å². The molecule has 490 valence electrons. The second-order valence-electron chi connectivity index (χ2n) is 21.5. The highest BCUT2D eigenvalue weighted by atomic mass is 16.8. The average molecular weight is 1250 g/mol. The molecule has 0 unspecified atom stereocenters. The Labute approximate surface area is 479 Å². The molecule has 0 radical (unpaired) electrons. The van der Waals surface area contributed by atoms with Gasteiger partial charge < -0.3 is 175 Å². The van der Waals surface area contributed by atoms with Crippen LogP contribution in [0.1, 0.15) is 27.2 Å². The van der Waals surface area contributed by atoms with E-state index in [0.717, 1.165) is 6.92 Å². The first-order valence-corrected chi connectivity index (χ1v) is 26.5. The quantitative estimate of drug-likeness (QED) is 0.0538. The van der Waals surface area contributed by atoms with Crippen LogP contribution in [0, 0.1) is 0 Å². The molecule has 1 amide bonds. The smallest absolute Gasteiger partial charge is 0.364 e. The molecule has 7 rings (SSSR count). The van der Waals surface area contributed by atoms with Crippen LogP contribution in [0.4, 0.5) is 0 Å². The van der Waals surface area contributed by atoms with Gasteiger partial charge in [-0.15, -0.1) is 0 Å². The lowest BCUT2D eigenvalue weighted by atomic mass is 9.92. The molecule has 39 heteroatoms. The molecule has 0 aliphatic carbocycles. The minimum atomic E-state index is -3.20. The number of ether oxygens (including phenoxy) is 13. The third-order valence-electron chi connectivity index (χ3n) is 15.5. The number of hydrogen-bond donors (Lipinski definition) is 22. The van der Waals surface area contributed by atoms with Crippen molar-refractivity contribution in [3.05, 3.63) is 0 Å². The Balaban J connectivity index is 1.15. The molecule has 0 saturated carbocycles. The van der Waals surface area contributed by atoms with E-state index in [1.165, 1.54) is 13.8 Å². The number of hydrogen-bond acceptors (Lipinski definition) is 35. The molecule has 0 aromatic heterocycles. The van der Waals surface area contributed by atoms with Crippen molar-refractivity contribution in [3.63, 3.8) is 0 Å². The fourth-order valence-electron chi connectivity index (χ4n) is 10.7. The molecule has 7 fully saturated rings. The third kappa shape index (κ3) is 14.5. The predicted octanol–water partition coefficient (Wildman–Crippen LogP) is -14.1. The zero-order chi connectivity index (χ0) is 63.2. The van der Waals surface area contributed by atoms with Gasteiger partial charge in [0.1, 0.15) is 122 Å². The van der Waals surface area contributed by atoms with Crippen LogP contribution in [0.25, 0.3) is 0 Å². The number of amides is 1. The van der Waals surface area contributed by atoms with E-state index in [9.17, 15) is 116 Å². The Morgan fingerprint density at radius 3 is 1.66 bits per heavy atom. The first kappa shape index (κ1) is 69.1. The number of nitrogens with one attached hydrogen (secondary N) is 1. The van der Waals surface area contributed by atoms with Crippen LogP contribution in [0.5, 0.6) is 0 Å². The Bertz CT molecular complexity index is 2250. The minimum Gasteiger partial charge on any atom is -0.479 e. The summed E-state index contributed by atoms with van der Waals surface area (Å²) in [7, 11) is 0. The fourth-order valence-corrected chi connectivity index (χ4v) is 10.7. The van der Waals surface area contributed by atoms with Gasteiger partial charge in [-0.2, -0.15) is 0 Å². The normalized spacial score (nSPS) is 50.2. The monoisotopic (exact) mass is 1250 g/mol. The molecule has 0 aromatic carbocycles. The Morgan fingerprint density at radius 2 is 1.06 bits per heavy atom. The molecular formula is C46H75N3O36. The number of rotatable bonds is 20. The highest BCUT2D eigenvalue weighted by Gasteiger charge is 2.60. The van der Waals surface area contributed by atoms with Gasteiger partial charge in [-0.3, -0.25) is 4.79 Å². The topological polar surface area (TPSA) is 637 Å². The molecule has 7 aliphatic rings. The summed E-state index contributed by atoms with van der Waals surface area (Å²) < 4.78 is 73.8. The van der Waals surface area contributed by atoms with Crippen LogP contribution in [0.3, 0.4) is 0 Å². The van der Waals surface area contributed by atoms with E-state index in [1.54, 1.807) is 0 Å². The number of nitrogens with two attached hydrogens (primary N) is 2. The summed E-state index contributed by atoms with van der Waals surface area (Å²) in [6, 6.07) is -5.11. The number of aliphatic carboxylic acids is 3. The van der Waals surface area contributed by atoms with Crippen LogP contribution < -0.4 is 16.8 Å². The zero-order valence-corrected chi connectivity index (χ0v) is 45.1. The Morgan fingerprint density at radius 1 is 0.541 bits per heavy atom. The molecule has 7 heterocycles. The summed E-state index contributed by atoms with van der Waals surface area (Å²) >= 11 is 0. The molecular weight excluding hydrogens is 1170 g/mol. The lowest BCUT2D eigenvalue weighted by molar-refractivity contribution is -0.390. The van der Waals surface area contributed by atoms with E-state index in [0.29, 0.717) is 0 Å². The molecule has 0 aromatic rings. The van der Waals surface area contributed by atoms with E-state index in [2.05, 4.69) is 5.32 Å². The summed E-state index contributed by atoms with van der Waals surface area (Å²) in [5.41, 5.74) is 12.3. The maximum atomic E-state index is 13.0. The van der Waals surface area contributed by atoms with Gasteiger partial charge in [0.05, 0.1) is 56.3 Å². The molecule has 0 bridgehead atoms. The van der Waals surface area contributed by atoms with Crippen molar-refractivity contribution in [1.29, 1.82) is 0 Å². The highest BCUT2D eigenvalue weighted by molar-refractivity contribution is 5.76. The summed E-state index contributed by atoms with van der Waals surface area (Å²) in [4.78, 5) is 48.7. The summed E-state index contributed by atoms with van der Waals surface area (Å²) in [5, 5.41) is 207. The van der Waals surface area contributed by atoms with Gasteiger partial charge in [0, 0.05) is 13.3 Å². The van der Waals surface area contributed by atoms with E-state index in [4.69, 9.17) is 73.0 Å². The van der Waals surface area contributed by atoms with Gasteiger partial charge in [-0.05, 0) is 13.8 Å². The number of carbonyl (C=O) groups excluding carboxylic acids is 1. The van der Waals surface area contributed by atoms with Crippen molar-refractivity contribution in [1.82, 2.24) is 5.32 Å². The van der Waals surface area contributed by atoms with Crippen molar-refractivity contribution < 1.29 is 178 Å². The van der Waals surface area contributed by atoms with E-state index in [1.807, 2.05) is 0 Å². The van der Waals surface area contributed by atoms with Gasteiger partial charge in [0.25, 0.3) is 5.79 Å². The standard InChI is InChI=1S/C46H75N3O36/c1-8-18(55)17(49-10(3)52)23(60)41(74-8)83-35-24(61)19(56)9(2)75-44(35)81-33-22(59)16(48)39(84-36(33)38(68)69)73-7-14-31(26(63)27(64)42(77-14)78-29-11(53)4-46(72,45(70)71)85-30(29)12(54)5-50)79-43-28(65)32(20(57)13(6-51)76-43)80-40-15(47)21(58)25(62)34(82-40)37(66)67/h8-9,11-36,39-44,50-51,53-65,72H,4-7,47-48H2,1-3H3,(H,49,52)(H,66,67)(H,68,69)(H,70,71)/t8-,9+,11-,12-,13-,14-,15-,16-,17+,18-,19+,20-,21-,22-,23-,24-,25+,26-,27-,28-,29-,30-,31+,32+,33-,34+,35-,36+,39+,40-,41+,42-,43+,44+,46-/m1/s1. The lowest BCUT2D eigenvalue weighted by Gasteiger charge is -2.50.